The van der Waals surface area contributed by atoms with Crippen molar-refractivity contribution in [3.63, 3.8) is 0 Å². The van der Waals surface area contributed by atoms with Gasteiger partial charge in [0.2, 0.25) is 0 Å². The molecular weight excluding hydrogens is 523 g/mol. The lowest BCUT2D eigenvalue weighted by Gasteiger charge is -2.20. The zero-order valence-electron chi connectivity index (χ0n) is 23.2. The van der Waals surface area contributed by atoms with Gasteiger partial charge in [0.1, 0.15) is 5.82 Å². The Labute approximate surface area is 239 Å². The van der Waals surface area contributed by atoms with Gasteiger partial charge in [-0.1, -0.05) is 62.4 Å². The van der Waals surface area contributed by atoms with Gasteiger partial charge in [0.05, 0.1) is 23.5 Å². The van der Waals surface area contributed by atoms with Crippen molar-refractivity contribution in [2.45, 2.75) is 64.1 Å². The van der Waals surface area contributed by atoms with E-state index in [2.05, 4.69) is 5.32 Å². The maximum atomic E-state index is 14.1. The van der Waals surface area contributed by atoms with E-state index in [1.165, 1.54) is 12.1 Å². The number of para-hydroxylation sites is 1. The van der Waals surface area contributed by atoms with Crippen molar-refractivity contribution in [1.82, 2.24) is 4.57 Å². The van der Waals surface area contributed by atoms with Crippen LogP contribution in [0.15, 0.2) is 84.9 Å². The fraction of sp³-hybridized carbons (Fsp3) is 0.303. The van der Waals surface area contributed by atoms with Crippen LogP contribution in [-0.4, -0.2) is 49.4 Å². The molecule has 0 aliphatic heterocycles. The first-order valence-corrected chi connectivity index (χ1v) is 13.8. The van der Waals surface area contributed by atoms with E-state index in [0.717, 1.165) is 17.0 Å². The number of hydrogen-bond donors (Lipinski definition) is 5. The number of nitrogens with zero attached hydrogens (tertiary/aromatic N) is 1. The van der Waals surface area contributed by atoms with Gasteiger partial charge in [-0.05, 0) is 66.3 Å². The minimum atomic E-state index is -1.67. The summed E-state index contributed by atoms with van der Waals surface area (Å²) < 4.78 is 16.0. The zero-order chi connectivity index (χ0) is 29.5. The molecule has 0 aliphatic carbocycles. The Hall–Kier alpha value is -3.82. The number of nitrogens with one attached hydrogen (secondary N) is 1. The lowest BCUT2D eigenvalue weighted by molar-refractivity contribution is -0.0758. The highest BCUT2D eigenvalue weighted by Crippen LogP contribution is 2.42. The maximum absolute atomic E-state index is 14.1. The van der Waals surface area contributed by atoms with Gasteiger partial charge in [0.15, 0.2) is 6.29 Å². The Morgan fingerprint density at radius 2 is 1.41 bits per heavy atom. The maximum Gasteiger partial charge on any atom is 0.258 e. The molecule has 1 aromatic heterocycles. The molecule has 41 heavy (non-hydrogen) atoms. The SMILES string of the molecule is CC(C)c1c(C(=O)Nc2ccccc2)c(-c2ccccc2)c(-c2ccc(F)cc2)n1CC[C@@H](O)C[C@@H](O)CC(O)O. The number of aromatic nitrogens is 1. The number of carbonyl (C=O) groups is 1. The van der Waals surface area contributed by atoms with E-state index in [1.54, 1.807) is 12.1 Å². The van der Waals surface area contributed by atoms with Crippen LogP contribution in [0.4, 0.5) is 10.1 Å². The number of amides is 1. The first-order valence-electron chi connectivity index (χ1n) is 13.8. The molecule has 0 fully saturated rings. The number of hydrogen-bond acceptors (Lipinski definition) is 5. The zero-order valence-corrected chi connectivity index (χ0v) is 23.2. The van der Waals surface area contributed by atoms with Gasteiger partial charge in [-0.25, -0.2) is 4.39 Å². The largest absolute Gasteiger partial charge is 0.393 e. The molecule has 0 aliphatic rings. The number of rotatable bonds is 12. The van der Waals surface area contributed by atoms with Crippen molar-refractivity contribution in [1.29, 1.82) is 0 Å². The Bertz CT molecular complexity index is 1420. The molecule has 4 aromatic rings. The number of aliphatic hydroxyl groups is 4. The predicted molar refractivity (Wildman–Crippen MR) is 158 cm³/mol. The molecule has 216 valence electrons. The van der Waals surface area contributed by atoms with Crippen LogP contribution in [0.2, 0.25) is 0 Å². The van der Waals surface area contributed by atoms with Crippen LogP contribution in [0.5, 0.6) is 0 Å². The summed E-state index contributed by atoms with van der Waals surface area (Å²) in [6, 6.07) is 24.9. The van der Waals surface area contributed by atoms with Crippen LogP contribution >= 0.6 is 0 Å². The highest BCUT2D eigenvalue weighted by Gasteiger charge is 2.31. The molecule has 0 unspecified atom stereocenters. The molecule has 4 rings (SSSR count). The Morgan fingerprint density at radius 3 is 2.00 bits per heavy atom. The van der Waals surface area contributed by atoms with Crippen molar-refractivity contribution in [2.24, 2.45) is 0 Å². The minimum absolute atomic E-state index is 0.0331. The highest BCUT2D eigenvalue weighted by molar-refractivity contribution is 6.12. The molecule has 3 aromatic carbocycles. The van der Waals surface area contributed by atoms with Crippen molar-refractivity contribution < 1.29 is 29.6 Å². The smallest absolute Gasteiger partial charge is 0.258 e. The monoisotopic (exact) mass is 560 g/mol. The molecule has 5 N–H and O–H groups in total. The van der Waals surface area contributed by atoms with Gasteiger partial charge in [-0.2, -0.15) is 0 Å². The third-order valence-corrected chi connectivity index (χ3v) is 7.00. The Kier molecular flexibility index (Phi) is 10.1. The van der Waals surface area contributed by atoms with Crippen LogP contribution in [0.1, 0.15) is 55.1 Å². The average Bonchev–Trinajstić information content (AvgIpc) is 3.28. The number of aliphatic hydroxyl groups excluding tert-OH is 3. The summed E-state index contributed by atoms with van der Waals surface area (Å²) >= 11 is 0. The van der Waals surface area contributed by atoms with Gasteiger partial charge < -0.3 is 30.3 Å². The number of carbonyl (C=O) groups excluding carboxylic acids is 1. The van der Waals surface area contributed by atoms with Gasteiger partial charge in [0.25, 0.3) is 5.91 Å². The predicted octanol–water partition coefficient (Wildman–Crippen LogP) is 5.54. The fourth-order valence-electron chi connectivity index (χ4n) is 5.26. The van der Waals surface area contributed by atoms with E-state index in [1.807, 2.05) is 79.1 Å². The van der Waals surface area contributed by atoms with Crippen LogP contribution in [-0.2, 0) is 6.54 Å². The van der Waals surface area contributed by atoms with E-state index >= 15 is 0 Å². The topological polar surface area (TPSA) is 115 Å². The molecule has 0 saturated carbocycles. The van der Waals surface area contributed by atoms with Crippen LogP contribution in [0, 0.1) is 5.82 Å². The normalized spacial score (nSPS) is 13.0. The van der Waals surface area contributed by atoms with Crippen molar-refractivity contribution in [3.8, 4) is 22.4 Å². The lowest BCUT2D eigenvalue weighted by atomic mass is 9.94. The van der Waals surface area contributed by atoms with Crippen LogP contribution in [0.3, 0.4) is 0 Å². The summed E-state index contributed by atoms with van der Waals surface area (Å²) in [5.74, 6) is -0.765. The summed E-state index contributed by atoms with van der Waals surface area (Å²) in [6.07, 6.45) is -3.75. The fourth-order valence-corrected chi connectivity index (χ4v) is 5.26. The molecule has 7 nitrogen and oxygen atoms in total. The molecular formula is C33H37FN2O5. The van der Waals surface area contributed by atoms with E-state index in [4.69, 9.17) is 10.2 Å². The average molecular weight is 561 g/mol. The lowest BCUT2D eigenvalue weighted by Crippen LogP contribution is -2.24. The highest BCUT2D eigenvalue weighted by atomic mass is 19.1. The van der Waals surface area contributed by atoms with Gasteiger partial charge in [-0.3, -0.25) is 4.79 Å². The molecule has 0 radical (unpaired) electrons. The van der Waals surface area contributed by atoms with Gasteiger partial charge in [0, 0.05) is 29.9 Å². The number of benzene rings is 3. The van der Waals surface area contributed by atoms with E-state index in [-0.39, 0.29) is 36.9 Å². The van der Waals surface area contributed by atoms with E-state index in [9.17, 15) is 19.4 Å². The summed E-state index contributed by atoms with van der Waals surface area (Å²) in [4.78, 5) is 14.1. The van der Waals surface area contributed by atoms with Crippen molar-refractivity contribution in [3.05, 3.63) is 102 Å². The van der Waals surface area contributed by atoms with Crippen molar-refractivity contribution in [2.75, 3.05) is 5.32 Å². The summed E-state index contributed by atoms with van der Waals surface area (Å²) in [5, 5.41) is 42.2. The molecule has 1 heterocycles. The molecule has 0 spiro atoms. The second-order valence-corrected chi connectivity index (χ2v) is 10.5. The second kappa shape index (κ2) is 13.7. The van der Waals surface area contributed by atoms with Crippen LogP contribution in [0.25, 0.3) is 22.4 Å². The summed E-state index contributed by atoms with van der Waals surface area (Å²) in [7, 11) is 0. The Balaban J connectivity index is 1.89. The Morgan fingerprint density at radius 1 is 0.805 bits per heavy atom. The number of halogens is 1. The standard InChI is InChI=1S/C33H37FN2O5/c1-21(2)31-30(33(41)35-25-11-7-4-8-12-25)29(22-9-5-3-6-10-22)32(23-13-15-24(34)16-14-23)36(31)18-17-26(37)19-27(38)20-28(39)40/h3-16,21,26-28,37-40H,17-20H2,1-2H3,(H,35,41)/t26-,27-/m1/s1. The molecule has 2 atom stereocenters. The van der Waals surface area contributed by atoms with Gasteiger partial charge >= 0.3 is 0 Å². The van der Waals surface area contributed by atoms with Crippen LogP contribution < -0.4 is 5.32 Å². The van der Waals surface area contributed by atoms with Gasteiger partial charge in [-0.15, -0.1) is 0 Å². The minimum Gasteiger partial charge on any atom is -0.393 e. The molecule has 0 bridgehead atoms. The molecule has 1 amide bonds. The number of anilines is 1. The van der Waals surface area contributed by atoms with Crippen molar-refractivity contribution >= 4 is 11.6 Å². The molecule has 8 heteroatoms. The third-order valence-electron chi connectivity index (χ3n) is 7.00. The summed E-state index contributed by atoms with van der Waals surface area (Å²) in [6.45, 7) is 4.29. The quantitative estimate of drug-likeness (QED) is 0.146. The summed E-state index contributed by atoms with van der Waals surface area (Å²) in [5.41, 5.74) is 4.85. The third kappa shape index (κ3) is 7.48. The first-order chi connectivity index (χ1) is 19.7. The second-order valence-electron chi connectivity index (χ2n) is 10.5. The van der Waals surface area contributed by atoms with E-state index < -0.39 is 18.5 Å². The molecule has 0 saturated heterocycles. The first kappa shape index (κ1) is 30.1. The van der Waals surface area contributed by atoms with E-state index in [0.29, 0.717) is 28.9 Å².